The van der Waals surface area contributed by atoms with Crippen molar-refractivity contribution in [2.24, 2.45) is 0 Å². The van der Waals surface area contributed by atoms with Crippen LogP contribution in [0.3, 0.4) is 0 Å². The van der Waals surface area contributed by atoms with Gasteiger partial charge in [-0.25, -0.2) is 8.42 Å². The van der Waals surface area contributed by atoms with E-state index in [-0.39, 0.29) is 23.5 Å². The second-order valence-corrected chi connectivity index (χ2v) is 8.73. The molecule has 1 N–H and O–H groups in total. The maximum atomic E-state index is 12.6. The lowest BCUT2D eigenvalue weighted by molar-refractivity contribution is 0.0791. The topological polar surface area (TPSA) is 92.3 Å². The molecule has 0 radical (unpaired) electrons. The summed E-state index contributed by atoms with van der Waals surface area (Å²) in [5, 5.41) is 3.19. The molecule has 0 aromatic carbocycles. The summed E-state index contributed by atoms with van der Waals surface area (Å²) >= 11 is 0. The third-order valence-corrected chi connectivity index (χ3v) is 6.18. The first-order chi connectivity index (χ1) is 12.4. The first-order valence-electron chi connectivity index (χ1n) is 8.50. The molecule has 2 aromatic heterocycles. The molecule has 1 fully saturated rings. The van der Waals surface area contributed by atoms with Crippen LogP contribution in [0.1, 0.15) is 22.5 Å². The average molecular weight is 374 g/mol. The van der Waals surface area contributed by atoms with Crippen LogP contribution >= 0.6 is 0 Å². The fourth-order valence-electron chi connectivity index (χ4n) is 2.93. The molecule has 7 nitrogen and oxygen atoms in total. The summed E-state index contributed by atoms with van der Waals surface area (Å²) in [7, 11) is -1.20. The predicted molar refractivity (Wildman–Crippen MR) is 99.8 cm³/mol. The van der Waals surface area contributed by atoms with Crippen molar-refractivity contribution < 1.29 is 13.2 Å². The van der Waals surface area contributed by atoms with Gasteiger partial charge in [0.25, 0.3) is 5.91 Å². The summed E-state index contributed by atoms with van der Waals surface area (Å²) in [6.45, 7) is 0.572. The van der Waals surface area contributed by atoms with Crippen molar-refractivity contribution in [1.29, 1.82) is 0 Å². The van der Waals surface area contributed by atoms with Crippen molar-refractivity contribution in [2.75, 3.05) is 30.4 Å². The third-order valence-electron chi connectivity index (χ3n) is 4.41. The van der Waals surface area contributed by atoms with Crippen LogP contribution in [0.25, 0.3) is 0 Å². The van der Waals surface area contributed by atoms with Gasteiger partial charge in [0.1, 0.15) is 5.69 Å². The van der Waals surface area contributed by atoms with E-state index in [2.05, 4.69) is 15.3 Å². The van der Waals surface area contributed by atoms with Crippen molar-refractivity contribution in [3.05, 3.63) is 54.1 Å². The second kappa shape index (κ2) is 7.82. The van der Waals surface area contributed by atoms with E-state index in [1.807, 2.05) is 12.1 Å². The van der Waals surface area contributed by atoms with Gasteiger partial charge in [-0.05, 0) is 42.7 Å². The zero-order valence-electron chi connectivity index (χ0n) is 14.6. The van der Waals surface area contributed by atoms with Crippen LogP contribution in [0.15, 0.2) is 42.9 Å². The molecule has 1 aliphatic heterocycles. The van der Waals surface area contributed by atoms with Gasteiger partial charge in [-0.2, -0.15) is 0 Å². The van der Waals surface area contributed by atoms with Gasteiger partial charge >= 0.3 is 0 Å². The van der Waals surface area contributed by atoms with E-state index < -0.39 is 9.84 Å². The van der Waals surface area contributed by atoms with Crippen LogP contribution in [0.2, 0.25) is 0 Å². The number of nitrogens with one attached hydrogen (secondary N) is 1. The van der Waals surface area contributed by atoms with Crippen molar-refractivity contribution in [3.8, 4) is 0 Å². The van der Waals surface area contributed by atoms with E-state index >= 15 is 0 Å². The SMILES string of the molecule is CN(CCc1ccncc1)C(=O)c1cc(NC2CCS(=O)(=O)C2)ccn1. The molecule has 1 amide bonds. The number of sulfone groups is 1. The van der Waals surface area contributed by atoms with E-state index in [1.165, 1.54) is 0 Å². The third kappa shape index (κ3) is 4.78. The fourth-order valence-corrected chi connectivity index (χ4v) is 4.60. The minimum absolute atomic E-state index is 0.116. The lowest BCUT2D eigenvalue weighted by Gasteiger charge is -2.18. The van der Waals surface area contributed by atoms with Crippen molar-refractivity contribution in [1.82, 2.24) is 14.9 Å². The molecule has 1 unspecified atom stereocenters. The minimum Gasteiger partial charge on any atom is -0.381 e. The highest BCUT2D eigenvalue weighted by atomic mass is 32.2. The number of likely N-dealkylation sites (N-methyl/N-ethyl adjacent to an activating group) is 1. The van der Waals surface area contributed by atoms with E-state index in [0.29, 0.717) is 24.3 Å². The standard InChI is InChI=1S/C18H22N4O3S/c1-22(10-5-14-2-7-19-8-3-14)18(23)17-12-15(4-9-20-17)21-16-6-11-26(24,25)13-16/h2-4,7-9,12,16H,5-6,10-11,13H2,1H3,(H,20,21). The van der Waals surface area contributed by atoms with Gasteiger partial charge in [0.2, 0.25) is 0 Å². The Morgan fingerprint density at radius 3 is 2.73 bits per heavy atom. The van der Waals surface area contributed by atoms with Crippen LogP contribution in [0.5, 0.6) is 0 Å². The van der Waals surface area contributed by atoms with Crippen LogP contribution < -0.4 is 5.32 Å². The molecule has 138 valence electrons. The number of hydrogen-bond acceptors (Lipinski definition) is 6. The summed E-state index contributed by atoms with van der Waals surface area (Å²) in [6, 6.07) is 7.16. The van der Waals surface area contributed by atoms with Crippen LogP contribution in [0, 0.1) is 0 Å². The maximum Gasteiger partial charge on any atom is 0.272 e. The number of nitrogens with zero attached hydrogens (tertiary/aromatic N) is 3. The van der Waals surface area contributed by atoms with Gasteiger partial charge in [0.15, 0.2) is 9.84 Å². The molecular formula is C18H22N4O3S. The maximum absolute atomic E-state index is 12.6. The van der Waals surface area contributed by atoms with Gasteiger partial charge < -0.3 is 10.2 Å². The Bertz CT molecular complexity index is 871. The fraction of sp³-hybridized carbons (Fsp3) is 0.389. The summed E-state index contributed by atoms with van der Waals surface area (Å²) < 4.78 is 23.1. The number of rotatable bonds is 6. The molecule has 0 spiro atoms. The Labute approximate surface area is 153 Å². The van der Waals surface area contributed by atoms with Crippen molar-refractivity contribution in [3.63, 3.8) is 0 Å². The molecule has 0 saturated carbocycles. The molecule has 1 saturated heterocycles. The molecule has 1 atom stereocenters. The quantitative estimate of drug-likeness (QED) is 0.821. The molecule has 0 aliphatic carbocycles. The van der Waals surface area contributed by atoms with Gasteiger partial charge in [-0.15, -0.1) is 0 Å². The zero-order chi connectivity index (χ0) is 18.6. The molecule has 3 rings (SSSR count). The summed E-state index contributed by atoms with van der Waals surface area (Å²) in [5.74, 6) is 0.172. The van der Waals surface area contributed by atoms with E-state index in [0.717, 1.165) is 12.0 Å². The van der Waals surface area contributed by atoms with Gasteiger partial charge in [-0.1, -0.05) is 0 Å². The van der Waals surface area contributed by atoms with Gasteiger partial charge in [0, 0.05) is 43.9 Å². The highest BCUT2D eigenvalue weighted by Crippen LogP contribution is 2.18. The normalized spacial score (nSPS) is 18.4. The summed E-state index contributed by atoms with van der Waals surface area (Å²) in [5.41, 5.74) is 2.17. The molecule has 8 heteroatoms. The Morgan fingerprint density at radius 2 is 2.04 bits per heavy atom. The molecular weight excluding hydrogens is 352 g/mol. The van der Waals surface area contributed by atoms with E-state index in [4.69, 9.17) is 0 Å². The zero-order valence-corrected chi connectivity index (χ0v) is 15.4. The molecule has 1 aliphatic rings. The van der Waals surface area contributed by atoms with Crippen molar-refractivity contribution >= 4 is 21.4 Å². The smallest absolute Gasteiger partial charge is 0.272 e. The first kappa shape index (κ1) is 18.3. The largest absolute Gasteiger partial charge is 0.381 e. The molecule has 2 aromatic rings. The highest BCUT2D eigenvalue weighted by molar-refractivity contribution is 7.91. The number of amides is 1. The Kier molecular flexibility index (Phi) is 5.51. The highest BCUT2D eigenvalue weighted by Gasteiger charge is 2.27. The Morgan fingerprint density at radius 1 is 1.27 bits per heavy atom. The minimum atomic E-state index is -2.95. The van der Waals surface area contributed by atoms with E-state index in [1.54, 1.807) is 42.7 Å². The average Bonchev–Trinajstić information content (AvgIpc) is 2.98. The molecule has 0 bridgehead atoms. The second-order valence-electron chi connectivity index (χ2n) is 6.51. The van der Waals surface area contributed by atoms with Crippen LogP contribution in [-0.2, 0) is 16.3 Å². The Balaban J connectivity index is 1.60. The lowest BCUT2D eigenvalue weighted by Crippen LogP contribution is -2.29. The van der Waals surface area contributed by atoms with Gasteiger partial charge in [-0.3, -0.25) is 14.8 Å². The van der Waals surface area contributed by atoms with Gasteiger partial charge in [0.05, 0.1) is 11.5 Å². The molecule has 26 heavy (non-hydrogen) atoms. The number of carbonyl (C=O) groups excluding carboxylic acids is 1. The number of aromatic nitrogens is 2. The Hall–Kier alpha value is -2.48. The monoisotopic (exact) mass is 374 g/mol. The number of hydrogen-bond donors (Lipinski definition) is 1. The summed E-state index contributed by atoms with van der Waals surface area (Å²) in [6.07, 6.45) is 6.35. The lowest BCUT2D eigenvalue weighted by atomic mass is 10.2. The van der Waals surface area contributed by atoms with Crippen molar-refractivity contribution in [2.45, 2.75) is 18.9 Å². The number of pyridine rings is 2. The predicted octanol–water partition coefficient (Wildman–Crippen LogP) is 1.39. The van der Waals surface area contributed by atoms with E-state index in [9.17, 15) is 13.2 Å². The first-order valence-corrected chi connectivity index (χ1v) is 10.3. The summed E-state index contributed by atoms with van der Waals surface area (Å²) in [4.78, 5) is 22.4. The number of carbonyl (C=O) groups is 1. The van der Waals surface area contributed by atoms with Crippen LogP contribution in [-0.4, -0.2) is 60.3 Å². The molecule has 3 heterocycles. The number of anilines is 1. The van der Waals surface area contributed by atoms with Crippen LogP contribution in [0.4, 0.5) is 5.69 Å².